The lowest BCUT2D eigenvalue weighted by atomic mass is 9.50. The molecule has 2 saturated carbocycles. The average Bonchev–Trinajstić information content (AvgIpc) is 3.01. The number of hydrogen-bond donors (Lipinski definition) is 8. The number of methoxy groups -OCH3 is 1. The quantitative estimate of drug-likeness (QED) is 0.109. The van der Waals surface area contributed by atoms with E-state index in [1.807, 2.05) is 0 Å². The minimum Gasteiger partial charge on any atom is -0.508 e. The first-order valence-electron chi connectivity index (χ1n) is 14.9. The van der Waals surface area contributed by atoms with Gasteiger partial charge in [0.15, 0.2) is 12.4 Å². The molecule has 3 aliphatic rings. The number of rotatable bonds is 10. The number of phenolic OH excluding ortho intramolecular Hbond substituents is 1. The number of aromatic hydroxyl groups is 1. The van der Waals surface area contributed by atoms with Crippen molar-refractivity contribution < 1.29 is 69.4 Å². The summed E-state index contributed by atoms with van der Waals surface area (Å²) in [6, 6.07) is 5.97. The Morgan fingerprint density at radius 2 is 1.71 bits per heavy atom. The van der Waals surface area contributed by atoms with E-state index in [-0.39, 0.29) is 43.4 Å². The van der Waals surface area contributed by atoms with E-state index >= 15 is 0 Å². The molecule has 1 aromatic rings. The Balaban J connectivity index is 1.57. The molecule has 1 aromatic carbocycles. The van der Waals surface area contributed by atoms with Gasteiger partial charge in [-0.05, 0) is 43.4 Å². The molecule has 45 heavy (non-hydrogen) atoms. The van der Waals surface area contributed by atoms with Crippen LogP contribution in [0.25, 0.3) is 0 Å². The van der Waals surface area contributed by atoms with Crippen LogP contribution in [0, 0.1) is 17.3 Å². The normalized spacial score (nSPS) is 38.9. The fraction of sp³-hybridized carbons (Fsp3) is 0.677. The third-order valence-electron chi connectivity index (χ3n) is 9.75. The van der Waals surface area contributed by atoms with Crippen LogP contribution in [0.2, 0.25) is 0 Å². The Kier molecular flexibility index (Phi) is 10.9. The van der Waals surface area contributed by atoms with Crippen LogP contribution in [0.15, 0.2) is 36.4 Å². The Hall–Kier alpha value is -2.66. The number of fused-ring (bicyclic) bond motifs is 1. The maximum Gasteiger partial charge on any atom is 0.335 e. The number of aliphatic hydroxyl groups excluding tert-OH is 6. The molecule has 4 rings (SSSR count). The van der Waals surface area contributed by atoms with Gasteiger partial charge in [0.25, 0.3) is 0 Å². The van der Waals surface area contributed by atoms with E-state index in [1.165, 1.54) is 19.2 Å². The fourth-order valence-electron chi connectivity index (χ4n) is 7.18. The summed E-state index contributed by atoms with van der Waals surface area (Å²) in [7, 11) is 1.18. The highest BCUT2D eigenvalue weighted by Crippen LogP contribution is 2.57. The SMILES string of the molecule is C=C(C(=O)OC)[C@H]1CC[C@@]2(C)[C@H](OC(=O)[C@H](O)Cc3ccc(O)cc3)CC[C@](O)(CO[C@@H]3O[C@H](CO)[C@@H](O)[C@H](O)[C@H]3O)[C@@H]2[C@H]1O. The number of phenols is 1. The van der Waals surface area contributed by atoms with Crippen molar-refractivity contribution in [2.45, 2.75) is 93.6 Å². The Bertz CT molecular complexity index is 1210. The monoisotopic (exact) mass is 640 g/mol. The van der Waals surface area contributed by atoms with E-state index in [0.29, 0.717) is 5.56 Å². The van der Waals surface area contributed by atoms with Crippen molar-refractivity contribution in [3.05, 3.63) is 42.0 Å². The first kappa shape index (κ1) is 35.2. The average molecular weight is 641 g/mol. The molecule has 14 nitrogen and oxygen atoms in total. The van der Waals surface area contributed by atoms with Gasteiger partial charge in [0, 0.05) is 29.2 Å². The largest absolute Gasteiger partial charge is 0.508 e. The van der Waals surface area contributed by atoms with Gasteiger partial charge in [-0.15, -0.1) is 0 Å². The molecule has 0 bridgehead atoms. The van der Waals surface area contributed by atoms with Crippen molar-refractivity contribution in [2.75, 3.05) is 20.3 Å². The molecule has 8 N–H and O–H groups in total. The van der Waals surface area contributed by atoms with E-state index in [1.54, 1.807) is 19.1 Å². The topological polar surface area (TPSA) is 233 Å². The van der Waals surface area contributed by atoms with Gasteiger partial charge in [-0.2, -0.15) is 0 Å². The van der Waals surface area contributed by atoms with Crippen LogP contribution in [0.1, 0.15) is 38.2 Å². The summed E-state index contributed by atoms with van der Waals surface area (Å²) in [6.45, 7) is 4.29. The molecule has 0 spiro atoms. The Morgan fingerprint density at radius 1 is 1.04 bits per heavy atom. The molecule has 0 radical (unpaired) electrons. The molecule has 2 aliphatic carbocycles. The number of benzene rings is 1. The summed E-state index contributed by atoms with van der Waals surface area (Å²) < 4.78 is 21.8. The van der Waals surface area contributed by atoms with E-state index < -0.39 is 97.0 Å². The minimum absolute atomic E-state index is 0.00677. The van der Waals surface area contributed by atoms with Crippen molar-refractivity contribution in [1.29, 1.82) is 0 Å². The predicted octanol–water partition coefficient (Wildman–Crippen LogP) is -1.33. The van der Waals surface area contributed by atoms with Crippen LogP contribution in [0.5, 0.6) is 5.75 Å². The zero-order chi connectivity index (χ0) is 33.3. The summed E-state index contributed by atoms with van der Waals surface area (Å²) in [5.41, 5.74) is -2.38. The van der Waals surface area contributed by atoms with Crippen LogP contribution in [-0.4, -0.2) is 128 Å². The molecule has 0 unspecified atom stereocenters. The second kappa shape index (κ2) is 14.0. The number of carbonyl (C=O) groups excluding carboxylic acids is 2. The van der Waals surface area contributed by atoms with E-state index in [4.69, 9.17) is 18.9 Å². The van der Waals surface area contributed by atoms with Gasteiger partial charge in [0.1, 0.15) is 36.3 Å². The molecule has 0 amide bonds. The highest BCUT2D eigenvalue weighted by atomic mass is 16.7. The zero-order valence-corrected chi connectivity index (χ0v) is 25.3. The molecule has 1 heterocycles. The highest BCUT2D eigenvalue weighted by Gasteiger charge is 2.63. The second-order valence-electron chi connectivity index (χ2n) is 12.6. The smallest absolute Gasteiger partial charge is 0.335 e. The minimum atomic E-state index is -1.85. The molecular weight excluding hydrogens is 596 g/mol. The fourth-order valence-corrected chi connectivity index (χ4v) is 7.18. The lowest BCUT2D eigenvalue weighted by molar-refractivity contribution is -0.319. The lowest BCUT2D eigenvalue weighted by Crippen LogP contribution is -2.67. The van der Waals surface area contributed by atoms with Crippen molar-refractivity contribution in [3.63, 3.8) is 0 Å². The van der Waals surface area contributed by atoms with E-state index in [0.717, 1.165) is 0 Å². The third kappa shape index (κ3) is 7.04. The van der Waals surface area contributed by atoms with Crippen molar-refractivity contribution >= 4 is 11.9 Å². The summed E-state index contributed by atoms with van der Waals surface area (Å²) >= 11 is 0. The molecule has 1 aliphatic heterocycles. The zero-order valence-electron chi connectivity index (χ0n) is 25.3. The van der Waals surface area contributed by atoms with Gasteiger partial charge in [0.05, 0.1) is 32.0 Å². The Labute approximate surface area is 260 Å². The second-order valence-corrected chi connectivity index (χ2v) is 12.6. The molecule has 1 saturated heterocycles. The summed E-state index contributed by atoms with van der Waals surface area (Å²) in [5.74, 6) is -3.55. The van der Waals surface area contributed by atoms with Gasteiger partial charge < -0.3 is 59.8 Å². The van der Waals surface area contributed by atoms with Crippen LogP contribution in [0.3, 0.4) is 0 Å². The summed E-state index contributed by atoms with van der Waals surface area (Å²) in [5, 5.41) is 84.2. The highest BCUT2D eigenvalue weighted by molar-refractivity contribution is 5.88. The first-order chi connectivity index (χ1) is 21.2. The van der Waals surface area contributed by atoms with Crippen molar-refractivity contribution in [2.24, 2.45) is 17.3 Å². The van der Waals surface area contributed by atoms with Crippen LogP contribution in [0.4, 0.5) is 0 Å². The molecular formula is C31H44O14. The van der Waals surface area contributed by atoms with E-state index in [9.17, 15) is 50.4 Å². The summed E-state index contributed by atoms with van der Waals surface area (Å²) in [6.07, 6.45) is -11.3. The van der Waals surface area contributed by atoms with Gasteiger partial charge in [-0.1, -0.05) is 25.6 Å². The number of esters is 2. The molecule has 12 atom stereocenters. The number of hydrogen-bond acceptors (Lipinski definition) is 14. The van der Waals surface area contributed by atoms with Crippen LogP contribution in [-0.2, 0) is 35.0 Å². The lowest BCUT2D eigenvalue weighted by Gasteiger charge is -2.59. The van der Waals surface area contributed by atoms with Gasteiger partial charge >= 0.3 is 11.9 Å². The molecule has 252 valence electrons. The molecule has 14 heteroatoms. The van der Waals surface area contributed by atoms with Gasteiger partial charge in [0.2, 0.25) is 0 Å². The summed E-state index contributed by atoms with van der Waals surface area (Å²) in [4.78, 5) is 25.4. The van der Waals surface area contributed by atoms with Crippen molar-refractivity contribution in [3.8, 4) is 5.75 Å². The maximum atomic E-state index is 13.1. The molecule has 3 fully saturated rings. The van der Waals surface area contributed by atoms with Crippen molar-refractivity contribution in [1.82, 2.24) is 0 Å². The number of carbonyl (C=O) groups is 2. The van der Waals surface area contributed by atoms with Crippen LogP contribution < -0.4 is 0 Å². The number of aliphatic hydroxyl groups is 7. The standard InChI is InChI=1S/C31H44O14/c1-15(27(39)42-3)18-8-10-30(2)21(45-28(40)19(34)12-16-4-6-17(33)7-5-16)9-11-31(41,26(30)22(18)35)14-43-29-25(38)24(37)23(36)20(13-32)44-29/h4-7,18-26,29,32-38,41H,1,8-14H2,2-3H3/t18-,19-,20-,21-,22+,23-,24+,25-,26-,29-,30+,31+/m1/s1. The van der Waals surface area contributed by atoms with Crippen LogP contribution >= 0.6 is 0 Å². The third-order valence-corrected chi connectivity index (χ3v) is 9.75. The van der Waals surface area contributed by atoms with Gasteiger partial charge in [-0.25, -0.2) is 9.59 Å². The maximum absolute atomic E-state index is 13.1. The Morgan fingerprint density at radius 3 is 2.33 bits per heavy atom. The van der Waals surface area contributed by atoms with E-state index in [2.05, 4.69) is 6.58 Å². The molecule has 0 aromatic heterocycles. The van der Waals surface area contributed by atoms with Gasteiger partial charge in [-0.3, -0.25) is 0 Å². The number of ether oxygens (including phenoxy) is 4. The first-order valence-corrected chi connectivity index (χ1v) is 14.9. The predicted molar refractivity (Wildman–Crippen MR) is 153 cm³/mol.